The van der Waals surface area contributed by atoms with Gasteiger partial charge >= 0.3 is 0 Å². The molecule has 0 radical (unpaired) electrons. The van der Waals surface area contributed by atoms with Crippen molar-refractivity contribution in [2.45, 2.75) is 0 Å². The van der Waals surface area contributed by atoms with E-state index in [1.807, 2.05) is 66.9 Å². The van der Waals surface area contributed by atoms with Crippen LogP contribution >= 0.6 is 0 Å². The van der Waals surface area contributed by atoms with Crippen molar-refractivity contribution in [3.63, 3.8) is 0 Å². The average molecular weight is 432 g/mol. The first-order chi connectivity index (χ1) is 15.2. The minimum absolute atomic E-state index is 0.0836. The standard InChI is InChI=1S/C24H21N3O3S/c28-23(26-12-14-31(29)15-13-26)11-10-19-17-27(20-7-2-1-3-8-20)25-24(19)22-16-18-6-4-5-9-21(18)30-22/h1-11,16-17H,12-15H2/b11-10+. The zero-order valence-corrected chi connectivity index (χ0v) is 17.6. The molecule has 2 aromatic heterocycles. The lowest BCUT2D eigenvalue weighted by atomic mass is 10.1. The Hall–Kier alpha value is -3.45. The third-order valence-corrected chi connectivity index (χ3v) is 6.59. The molecule has 1 aliphatic rings. The van der Waals surface area contributed by atoms with Crippen LogP contribution in [0.1, 0.15) is 5.56 Å². The molecule has 0 N–H and O–H groups in total. The van der Waals surface area contributed by atoms with Crippen molar-refractivity contribution in [1.82, 2.24) is 14.7 Å². The van der Waals surface area contributed by atoms with Crippen LogP contribution in [0, 0.1) is 0 Å². The maximum absolute atomic E-state index is 12.6. The first-order valence-electron chi connectivity index (χ1n) is 10.1. The van der Waals surface area contributed by atoms with E-state index in [2.05, 4.69) is 0 Å². The van der Waals surface area contributed by atoms with Crippen molar-refractivity contribution in [2.24, 2.45) is 0 Å². The summed E-state index contributed by atoms with van der Waals surface area (Å²) in [5.74, 6) is 1.64. The fourth-order valence-corrected chi connectivity index (χ4v) is 4.69. The second-order valence-electron chi connectivity index (χ2n) is 7.37. The van der Waals surface area contributed by atoms with Gasteiger partial charge in [0.15, 0.2) is 5.76 Å². The Morgan fingerprint density at radius 1 is 1.03 bits per heavy atom. The third-order valence-electron chi connectivity index (χ3n) is 5.32. The van der Waals surface area contributed by atoms with Crippen molar-refractivity contribution in [3.8, 4) is 17.1 Å². The van der Waals surface area contributed by atoms with Gasteiger partial charge in [0.2, 0.25) is 5.91 Å². The number of nitrogens with zero attached hydrogens (tertiary/aromatic N) is 3. The molecule has 6 nitrogen and oxygen atoms in total. The monoisotopic (exact) mass is 431 g/mol. The Morgan fingerprint density at radius 3 is 2.55 bits per heavy atom. The van der Waals surface area contributed by atoms with Crippen LogP contribution in [-0.4, -0.2) is 49.4 Å². The number of furan rings is 1. The highest BCUT2D eigenvalue weighted by Gasteiger charge is 2.19. The minimum Gasteiger partial charge on any atom is -0.454 e. The molecular weight excluding hydrogens is 410 g/mol. The van der Waals surface area contributed by atoms with Crippen LogP contribution in [-0.2, 0) is 15.6 Å². The number of benzene rings is 2. The van der Waals surface area contributed by atoms with E-state index in [4.69, 9.17) is 9.52 Å². The van der Waals surface area contributed by atoms with E-state index in [-0.39, 0.29) is 5.91 Å². The summed E-state index contributed by atoms with van der Waals surface area (Å²) >= 11 is 0. The van der Waals surface area contributed by atoms with Crippen LogP contribution in [0.3, 0.4) is 0 Å². The Bertz CT molecular complexity index is 1250. The highest BCUT2D eigenvalue weighted by molar-refractivity contribution is 7.85. The third kappa shape index (κ3) is 4.09. The molecule has 7 heteroatoms. The van der Waals surface area contributed by atoms with Crippen LogP contribution in [0.5, 0.6) is 0 Å². The van der Waals surface area contributed by atoms with Crippen molar-refractivity contribution in [2.75, 3.05) is 24.6 Å². The molecule has 5 rings (SSSR count). The van der Waals surface area contributed by atoms with E-state index in [1.54, 1.807) is 21.7 Å². The largest absolute Gasteiger partial charge is 0.454 e. The van der Waals surface area contributed by atoms with Crippen molar-refractivity contribution < 1.29 is 13.4 Å². The van der Waals surface area contributed by atoms with E-state index >= 15 is 0 Å². The van der Waals surface area contributed by atoms with Gasteiger partial charge in [-0.1, -0.05) is 36.4 Å². The average Bonchev–Trinajstić information content (AvgIpc) is 3.42. The predicted molar refractivity (Wildman–Crippen MR) is 122 cm³/mol. The molecule has 1 aliphatic heterocycles. The molecule has 4 aromatic rings. The topological polar surface area (TPSA) is 68.3 Å². The number of carbonyl (C=O) groups is 1. The Labute approximate surface area is 182 Å². The molecule has 31 heavy (non-hydrogen) atoms. The van der Waals surface area contributed by atoms with Crippen molar-refractivity contribution >= 4 is 33.8 Å². The normalized spacial score (nSPS) is 15.2. The maximum Gasteiger partial charge on any atom is 0.246 e. The maximum atomic E-state index is 12.6. The van der Waals surface area contributed by atoms with Crippen LogP contribution in [0.2, 0.25) is 0 Å². The molecule has 0 aliphatic carbocycles. The van der Waals surface area contributed by atoms with Crippen molar-refractivity contribution in [1.29, 1.82) is 0 Å². The second kappa shape index (κ2) is 8.35. The number of carbonyl (C=O) groups excluding carboxylic acids is 1. The van der Waals surface area contributed by atoms with Crippen LogP contribution in [0.15, 0.2) is 77.4 Å². The molecule has 3 heterocycles. The Kier molecular flexibility index (Phi) is 5.26. The molecule has 1 saturated heterocycles. The summed E-state index contributed by atoms with van der Waals surface area (Å²) in [6.07, 6.45) is 5.24. The van der Waals surface area contributed by atoms with Gasteiger partial charge in [-0.25, -0.2) is 4.68 Å². The lowest BCUT2D eigenvalue weighted by Gasteiger charge is -2.24. The van der Waals surface area contributed by atoms with Gasteiger partial charge in [0.1, 0.15) is 11.3 Å². The zero-order valence-electron chi connectivity index (χ0n) is 16.8. The molecule has 1 fully saturated rings. The highest BCUT2D eigenvalue weighted by atomic mass is 32.2. The highest BCUT2D eigenvalue weighted by Crippen LogP contribution is 2.30. The SMILES string of the molecule is O=C(/C=C/c1cn(-c2ccccc2)nc1-c1cc2ccccc2o1)N1CCS(=O)CC1. The predicted octanol–water partition coefficient (Wildman–Crippen LogP) is 3.89. The summed E-state index contributed by atoms with van der Waals surface area (Å²) in [4.78, 5) is 14.4. The lowest BCUT2D eigenvalue weighted by molar-refractivity contribution is -0.125. The van der Waals surface area contributed by atoms with Gasteiger partial charge in [0.25, 0.3) is 0 Å². The summed E-state index contributed by atoms with van der Waals surface area (Å²) in [7, 11) is -0.815. The van der Waals surface area contributed by atoms with Gasteiger partial charge in [-0.2, -0.15) is 5.10 Å². The minimum atomic E-state index is -0.815. The van der Waals surface area contributed by atoms with E-state index < -0.39 is 10.8 Å². The van der Waals surface area contributed by atoms with Crippen LogP contribution in [0.25, 0.3) is 34.2 Å². The number of aromatic nitrogens is 2. The smallest absolute Gasteiger partial charge is 0.246 e. The molecular formula is C24H21N3O3S. The number of para-hydroxylation sites is 2. The summed E-state index contributed by atoms with van der Waals surface area (Å²) in [6, 6.07) is 19.6. The van der Waals surface area contributed by atoms with Gasteiger partial charge in [-0.05, 0) is 30.3 Å². The van der Waals surface area contributed by atoms with E-state index in [0.29, 0.717) is 36.0 Å². The molecule has 156 valence electrons. The summed E-state index contributed by atoms with van der Waals surface area (Å²) in [5.41, 5.74) is 3.17. The lowest BCUT2D eigenvalue weighted by Crippen LogP contribution is -2.40. The molecule has 1 amide bonds. The van der Waals surface area contributed by atoms with Gasteiger partial charge in [-0.3, -0.25) is 9.00 Å². The number of fused-ring (bicyclic) bond motifs is 1. The van der Waals surface area contributed by atoms with Crippen LogP contribution in [0.4, 0.5) is 0 Å². The van der Waals surface area contributed by atoms with Crippen LogP contribution < -0.4 is 0 Å². The second-order valence-corrected chi connectivity index (χ2v) is 9.06. The Balaban J connectivity index is 1.51. The Morgan fingerprint density at radius 2 is 1.77 bits per heavy atom. The van der Waals surface area contributed by atoms with E-state index in [1.165, 1.54) is 0 Å². The van der Waals surface area contributed by atoms with Gasteiger partial charge in [0, 0.05) is 58.6 Å². The molecule has 0 atom stereocenters. The molecule has 0 bridgehead atoms. The fourth-order valence-electron chi connectivity index (χ4n) is 3.64. The molecule has 0 spiro atoms. The van der Waals surface area contributed by atoms with E-state index in [0.717, 1.165) is 22.2 Å². The molecule has 2 aromatic carbocycles. The number of hydrogen-bond donors (Lipinski definition) is 0. The first kappa shape index (κ1) is 19.5. The zero-order chi connectivity index (χ0) is 21.2. The number of amides is 1. The molecule has 0 unspecified atom stereocenters. The van der Waals surface area contributed by atoms with Gasteiger partial charge < -0.3 is 9.32 Å². The van der Waals surface area contributed by atoms with Crippen molar-refractivity contribution in [3.05, 3.63) is 78.5 Å². The number of hydrogen-bond acceptors (Lipinski definition) is 4. The fraction of sp³-hybridized carbons (Fsp3) is 0.167. The van der Waals surface area contributed by atoms with E-state index in [9.17, 15) is 9.00 Å². The molecule has 0 saturated carbocycles. The number of rotatable bonds is 4. The van der Waals surface area contributed by atoms with Gasteiger partial charge in [-0.15, -0.1) is 0 Å². The summed E-state index contributed by atoms with van der Waals surface area (Å²) in [5, 5.41) is 5.75. The summed E-state index contributed by atoms with van der Waals surface area (Å²) in [6.45, 7) is 1.05. The first-order valence-corrected chi connectivity index (χ1v) is 11.6. The van der Waals surface area contributed by atoms with Gasteiger partial charge in [0.05, 0.1) is 5.69 Å². The summed E-state index contributed by atoms with van der Waals surface area (Å²) < 4.78 is 19.4. The quantitative estimate of drug-likeness (QED) is 0.460.